The third-order valence-electron chi connectivity index (χ3n) is 15.3. The second-order valence-corrected chi connectivity index (χ2v) is 24.6. The first-order valence-corrected chi connectivity index (χ1v) is 30.1. The lowest BCUT2D eigenvalue weighted by Crippen LogP contribution is -2.53. The highest BCUT2D eigenvalue weighted by Gasteiger charge is 2.29. The molecule has 0 spiro atoms. The van der Waals surface area contributed by atoms with Crippen molar-refractivity contribution < 1.29 is 9.59 Å². The Morgan fingerprint density at radius 3 is 1.47 bits per heavy atom. The van der Waals surface area contributed by atoms with E-state index >= 15 is 0 Å². The number of piperidine rings is 2. The van der Waals surface area contributed by atoms with Crippen molar-refractivity contribution >= 4 is 90.0 Å². The highest BCUT2D eigenvalue weighted by Crippen LogP contribution is 2.31. The van der Waals surface area contributed by atoms with Crippen LogP contribution in [0, 0.1) is 20.8 Å². The molecule has 10 heterocycles. The van der Waals surface area contributed by atoms with Gasteiger partial charge in [-0.3, -0.25) is 19.6 Å². The van der Waals surface area contributed by atoms with Gasteiger partial charge in [-0.15, -0.1) is 35.6 Å². The molecule has 4 fully saturated rings. The van der Waals surface area contributed by atoms with E-state index in [0.29, 0.717) is 24.1 Å². The van der Waals surface area contributed by atoms with E-state index in [1.54, 1.807) is 52.5 Å². The van der Waals surface area contributed by atoms with E-state index in [1.807, 2.05) is 74.3 Å². The van der Waals surface area contributed by atoms with Gasteiger partial charge >= 0.3 is 0 Å². The monoisotopic (exact) mass is 1140 g/mol. The minimum Gasteiger partial charge on any atom is -0.384 e. The number of piperazine rings is 2. The number of rotatable bonds is 8. The van der Waals surface area contributed by atoms with E-state index in [0.717, 1.165) is 143 Å². The van der Waals surface area contributed by atoms with E-state index in [9.17, 15) is 9.59 Å². The number of benzene rings is 3. The van der Waals surface area contributed by atoms with Crippen molar-refractivity contribution in [1.29, 1.82) is 0 Å². The van der Waals surface area contributed by atoms with Crippen molar-refractivity contribution in [3.8, 4) is 31.7 Å². The lowest BCUT2D eigenvalue weighted by atomic mass is 10.0. The summed E-state index contributed by atoms with van der Waals surface area (Å²) >= 11 is 4.71. The Bertz CT molecular complexity index is 3610. The summed E-state index contributed by atoms with van der Waals surface area (Å²) in [5.74, 6) is 1.07. The molecule has 420 valence electrons. The number of aryl methyl sites for hydroxylation is 3. The predicted octanol–water partition coefficient (Wildman–Crippen LogP) is 8.50. The van der Waals surface area contributed by atoms with Crippen LogP contribution in [0.4, 0.5) is 11.6 Å². The van der Waals surface area contributed by atoms with Gasteiger partial charge < -0.3 is 25.8 Å². The van der Waals surface area contributed by atoms with Gasteiger partial charge in [0.05, 0.1) is 12.1 Å². The number of pyridine rings is 3. The molecule has 1 amide bonds. The fourth-order valence-electron chi connectivity index (χ4n) is 10.6. The molecule has 3 N–H and O–H groups in total. The van der Waals surface area contributed by atoms with E-state index in [1.165, 1.54) is 58.2 Å². The first-order valence-electron chi connectivity index (χ1n) is 27.7. The predicted molar refractivity (Wildman–Crippen MR) is 326 cm³/mol. The number of amides is 1. The number of nitrogens with two attached hydrogens (primary N) is 1. The Morgan fingerprint density at radius 2 is 1.00 bits per heavy atom. The minimum absolute atomic E-state index is 0.185. The fraction of sp³-hybridized carbons (Fsp3) is 0.407. The number of anilines is 1. The first-order chi connectivity index (χ1) is 39.4. The van der Waals surface area contributed by atoms with Gasteiger partial charge in [0.2, 0.25) is 12.0 Å². The maximum atomic E-state index is 13.0. The number of nitrogen functional groups attached to an aromatic ring is 1. The quantitative estimate of drug-likeness (QED) is 0.108. The number of nitrogens with zero attached hydrogens (tertiary/aromatic N) is 15. The van der Waals surface area contributed by atoms with Crippen molar-refractivity contribution in [3.05, 3.63) is 112 Å². The highest BCUT2D eigenvalue weighted by atomic mass is 32.1. The molecule has 0 unspecified atom stereocenters. The smallest absolute Gasteiger partial charge is 0.242 e. The Kier molecular flexibility index (Phi) is 19.2. The number of nitrogens with one attached hydrogen (secondary N) is 1. The van der Waals surface area contributed by atoms with Crippen LogP contribution in [0.2, 0.25) is 0 Å². The van der Waals surface area contributed by atoms with E-state index < -0.39 is 0 Å². The number of carbonyl (C=O) groups is 1. The zero-order valence-electron chi connectivity index (χ0n) is 46.7. The molecule has 4 aliphatic heterocycles. The maximum absolute atomic E-state index is 13.0. The molecule has 4 saturated heterocycles. The van der Waals surface area contributed by atoms with Gasteiger partial charge in [-0.2, -0.15) is 0 Å². The van der Waals surface area contributed by atoms with E-state index in [-0.39, 0.29) is 5.91 Å². The summed E-state index contributed by atoms with van der Waals surface area (Å²) in [6.45, 7) is 19.6. The third-order valence-corrected chi connectivity index (χ3v) is 17.9. The van der Waals surface area contributed by atoms with Gasteiger partial charge in [0.15, 0.2) is 5.82 Å². The molecule has 81 heavy (non-hydrogen) atoms. The second-order valence-electron chi connectivity index (χ2n) is 21.0. The van der Waals surface area contributed by atoms with Crippen LogP contribution in [0.25, 0.3) is 64.0 Å². The van der Waals surface area contributed by atoms with Crippen molar-refractivity contribution in [2.75, 3.05) is 98.4 Å². The molecule has 0 aliphatic carbocycles. The van der Waals surface area contributed by atoms with Gasteiger partial charge in [0.25, 0.3) is 0 Å². The third kappa shape index (κ3) is 15.3. The second kappa shape index (κ2) is 27.2. The Labute approximate surface area is 484 Å². The Balaban J connectivity index is 0.000000129. The number of carbonyl (C=O) groups excluding carboxylic acids is 2. The van der Waals surface area contributed by atoms with Crippen LogP contribution in [0.15, 0.2) is 96.4 Å². The lowest BCUT2D eigenvalue weighted by Gasteiger charge is -2.42. The van der Waals surface area contributed by atoms with Gasteiger partial charge in [0.1, 0.15) is 35.9 Å². The molecule has 19 nitrogen and oxygen atoms in total. The molecule has 22 heteroatoms. The Hall–Kier alpha value is -6.98. The molecule has 4 aliphatic rings. The van der Waals surface area contributed by atoms with Gasteiger partial charge in [-0.05, 0) is 126 Å². The SMILES string of the molecule is CN1CCN(C2CCNCC2)CC1.Cc1nnc(-c2ccc3cnc(CC(=O)N4CCC(N5CCN(C)CC5)CC4)cc3c2)s1.Cc1nnc(-c2ccc3cnc(N)cc3c2)s1.Cc1nnc(-c2ccc3cnc(N=C=O)cc3c2)s1. The number of fused-ring (bicyclic) bond motifs is 3. The molecule has 13 rings (SSSR count). The summed E-state index contributed by atoms with van der Waals surface area (Å²) in [6.07, 6.45) is 12.0. The van der Waals surface area contributed by atoms with Crippen LogP contribution in [0.3, 0.4) is 0 Å². The highest BCUT2D eigenvalue weighted by molar-refractivity contribution is 7.15. The van der Waals surface area contributed by atoms with Crippen LogP contribution in [0.1, 0.15) is 46.4 Å². The molecule has 0 radical (unpaired) electrons. The number of likely N-dealkylation sites (tertiary alicyclic amines) is 1. The summed E-state index contributed by atoms with van der Waals surface area (Å²) in [4.78, 5) is 51.6. The zero-order valence-corrected chi connectivity index (χ0v) is 49.1. The maximum Gasteiger partial charge on any atom is 0.242 e. The summed E-state index contributed by atoms with van der Waals surface area (Å²) in [6, 6.07) is 25.4. The molecular weight excluding hydrogens is 1070 g/mol. The lowest BCUT2D eigenvalue weighted by molar-refractivity contribution is -0.132. The molecule has 0 atom stereocenters. The fourth-order valence-corrected chi connectivity index (χ4v) is 12.7. The molecule has 6 aromatic heterocycles. The molecule has 0 saturated carbocycles. The van der Waals surface area contributed by atoms with Crippen LogP contribution in [0.5, 0.6) is 0 Å². The topological polar surface area (TPSA) is 217 Å². The first kappa shape index (κ1) is 57.3. The average molecular weight is 1140 g/mol. The van der Waals surface area contributed by atoms with Crippen LogP contribution in [-0.4, -0.2) is 187 Å². The molecule has 3 aromatic carbocycles. The average Bonchev–Trinajstić information content (AvgIpc) is 4.36. The van der Waals surface area contributed by atoms with Crippen molar-refractivity contribution in [2.45, 2.75) is 65.0 Å². The summed E-state index contributed by atoms with van der Waals surface area (Å²) in [7, 11) is 4.41. The number of likely N-dealkylation sites (N-methyl/N-ethyl adjacent to an activating group) is 2. The van der Waals surface area contributed by atoms with Gasteiger partial charge in [-0.1, -0.05) is 70.4 Å². The summed E-state index contributed by atoms with van der Waals surface area (Å²) in [5.41, 5.74) is 9.62. The summed E-state index contributed by atoms with van der Waals surface area (Å²) in [5, 5.41) is 39.9. The number of hydrogen-bond donors (Lipinski definition) is 2. The minimum atomic E-state index is 0.185. The normalized spacial score (nSPS) is 16.9. The molecular formula is C59H69N17O2S3. The zero-order chi connectivity index (χ0) is 56.2. The van der Waals surface area contributed by atoms with Gasteiger partial charge in [0, 0.05) is 129 Å². The van der Waals surface area contributed by atoms with E-state index in [2.05, 4.69) is 114 Å². The molecule has 0 bridgehead atoms. The van der Waals surface area contributed by atoms with E-state index in [4.69, 9.17) is 5.73 Å². The largest absolute Gasteiger partial charge is 0.384 e. The van der Waals surface area contributed by atoms with Crippen LogP contribution in [-0.2, 0) is 16.0 Å². The number of hydrogen-bond acceptors (Lipinski definition) is 21. The van der Waals surface area contributed by atoms with Crippen LogP contribution < -0.4 is 11.1 Å². The van der Waals surface area contributed by atoms with Crippen molar-refractivity contribution in [3.63, 3.8) is 0 Å². The Morgan fingerprint density at radius 1 is 0.556 bits per heavy atom. The van der Waals surface area contributed by atoms with Gasteiger partial charge in [-0.25, -0.2) is 14.8 Å². The van der Waals surface area contributed by atoms with Crippen molar-refractivity contribution in [2.24, 2.45) is 4.99 Å². The van der Waals surface area contributed by atoms with Crippen molar-refractivity contribution in [1.82, 2.24) is 75.4 Å². The standard InChI is InChI=1S/C24H30N6OS.C13H8N4OS.C12H10N4S.C10H21N3/c1-17-26-27-24(32-17)18-3-4-19-16-25-21(14-20(19)13-18)15-23(31)30-7-5-22(6-8-30)29-11-9-28(2)10-12-29;1-8-16-17-13(19-8)9-2-3-10-6-14-12(15-7-18)5-11(10)4-9;1-7-15-16-12(17-7)8-2-3-9-6-14-11(13)5-10(9)4-8;1-12-6-8-13(9-7-12)10-2-4-11-5-3-10/h3-4,13-14,16,22H,5-12,15H2,1-2H3;2-6H,1H3;2-6H,1H3,(H2,13,14);10-11H,2-9H2,1H3. The number of isocyanates is 1. The summed E-state index contributed by atoms with van der Waals surface area (Å²) < 4.78 is 0. The number of aliphatic imine (C=N–C) groups is 1. The number of aromatic nitrogens is 9. The van der Waals surface area contributed by atoms with Crippen LogP contribution >= 0.6 is 34.0 Å². The molecule has 9 aromatic rings.